The van der Waals surface area contributed by atoms with Gasteiger partial charge in [-0.25, -0.2) is 0 Å². The van der Waals surface area contributed by atoms with Crippen molar-refractivity contribution in [1.82, 2.24) is 0 Å². The van der Waals surface area contributed by atoms with Crippen LogP contribution in [0, 0.1) is 0 Å². The van der Waals surface area contributed by atoms with Gasteiger partial charge < -0.3 is 9.47 Å². The van der Waals surface area contributed by atoms with Gasteiger partial charge in [0.2, 0.25) is 0 Å². The lowest BCUT2D eigenvalue weighted by molar-refractivity contribution is -0.0163. The van der Waals surface area contributed by atoms with E-state index in [-0.39, 0.29) is 0 Å². The lowest BCUT2D eigenvalue weighted by atomic mass is 9.95. The van der Waals surface area contributed by atoms with E-state index in [0.717, 1.165) is 38.9 Å². The molecule has 0 unspecified atom stereocenters. The third-order valence-electron chi connectivity index (χ3n) is 2.95. The van der Waals surface area contributed by atoms with Crippen molar-refractivity contribution in [3.63, 3.8) is 0 Å². The molecule has 1 aliphatic rings. The molecule has 0 amide bonds. The third-order valence-corrected chi connectivity index (χ3v) is 2.95. The van der Waals surface area contributed by atoms with Crippen LogP contribution in [-0.2, 0) is 9.47 Å². The summed E-state index contributed by atoms with van der Waals surface area (Å²) in [5, 5.41) is 0. The van der Waals surface area contributed by atoms with Crippen LogP contribution in [0.3, 0.4) is 0 Å². The summed E-state index contributed by atoms with van der Waals surface area (Å²) < 4.78 is 11.5. The first kappa shape index (κ1) is 13.5. The number of allylic oxidation sites excluding steroid dienone is 2. The molecule has 0 saturated heterocycles. The predicted octanol–water partition coefficient (Wildman–Crippen LogP) is 3.48. The van der Waals surface area contributed by atoms with Gasteiger partial charge in [-0.2, -0.15) is 0 Å². The van der Waals surface area contributed by atoms with E-state index in [4.69, 9.17) is 9.47 Å². The Balaban J connectivity index is 2.08. The van der Waals surface area contributed by atoms with E-state index in [1.807, 2.05) is 26.0 Å². The Morgan fingerprint density at radius 2 is 1.19 bits per heavy atom. The lowest BCUT2D eigenvalue weighted by Crippen LogP contribution is -2.26. The van der Waals surface area contributed by atoms with Crippen LogP contribution in [0.2, 0.25) is 0 Å². The molecule has 0 heterocycles. The predicted molar refractivity (Wildman–Crippen MR) is 67.6 cm³/mol. The van der Waals surface area contributed by atoms with Gasteiger partial charge in [0, 0.05) is 0 Å². The van der Waals surface area contributed by atoms with Crippen LogP contribution >= 0.6 is 0 Å². The molecule has 0 aromatic heterocycles. The summed E-state index contributed by atoms with van der Waals surface area (Å²) >= 11 is 0. The van der Waals surface area contributed by atoms with Crippen LogP contribution in [0.15, 0.2) is 24.3 Å². The molecule has 16 heavy (non-hydrogen) atoms. The van der Waals surface area contributed by atoms with Gasteiger partial charge in [-0.15, -0.1) is 0 Å². The number of ether oxygens (including phenoxy) is 2. The fourth-order valence-corrected chi connectivity index (χ4v) is 1.94. The third kappa shape index (κ3) is 5.47. The normalized spacial score (nSPS) is 26.9. The van der Waals surface area contributed by atoms with Crippen LogP contribution in [0.25, 0.3) is 0 Å². The Kier molecular flexibility index (Phi) is 7.19. The van der Waals surface area contributed by atoms with Crippen molar-refractivity contribution in [2.75, 3.05) is 13.2 Å². The Hall–Kier alpha value is -0.600. The Bertz CT molecular complexity index is 189. The molecule has 1 rings (SSSR count). The van der Waals surface area contributed by atoms with Crippen molar-refractivity contribution in [3.05, 3.63) is 24.3 Å². The van der Waals surface area contributed by atoms with E-state index in [0.29, 0.717) is 12.2 Å². The van der Waals surface area contributed by atoms with Crippen molar-refractivity contribution in [2.45, 2.75) is 51.7 Å². The molecular weight excluding hydrogens is 200 g/mol. The van der Waals surface area contributed by atoms with E-state index < -0.39 is 0 Å². The molecule has 0 aromatic rings. The quantitative estimate of drug-likeness (QED) is 0.643. The molecule has 0 atom stereocenters. The molecule has 1 aliphatic carbocycles. The highest BCUT2D eigenvalue weighted by molar-refractivity contribution is 4.80. The maximum Gasteiger partial charge on any atom is 0.0651 e. The summed E-state index contributed by atoms with van der Waals surface area (Å²) in [6.07, 6.45) is 13.6. The van der Waals surface area contributed by atoms with Crippen LogP contribution < -0.4 is 0 Å². The van der Waals surface area contributed by atoms with E-state index in [1.165, 1.54) is 0 Å². The summed E-state index contributed by atoms with van der Waals surface area (Å²) in [4.78, 5) is 0. The fourth-order valence-electron chi connectivity index (χ4n) is 1.94. The summed E-state index contributed by atoms with van der Waals surface area (Å²) in [6, 6.07) is 0. The zero-order valence-corrected chi connectivity index (χ0v) is 10.5. The maximum absolute atomic E-state index is 5.74. The minimum Gasteiger partial charge on any atom is -0.374 e. The topological polar surface area (TPSA) is 18.5 Å². The lowest BCUT2D eigenvalue weighted by Gasteiger charge is -2.28. The number of rotatable bonds is 6. The maximum atomic E-state index is 5.74. The number of hydrogen-bond acceptors (Lipinski definition) is 2. The Labute approximate surface area is 99.3 Å². The standard InChI is InChI=1S/C14H24O2/c1-3-5-11-15-13-7-9-14(10-8-13)16-12-6-4-2/h3-6,13-14H,7-12H2,1-2H3. The molecule has 0 N–H and O–H groups in total. The van der Waals surface area contributed by atoms with E-state index in [1.54, 1.807) is 0 Å². The van der Waals surface area contributed by atoms with E-state index in [2.05, 4.69) is 12.2 Å². The zero-order chi connectivity index (χ0) is 11.6. The molecule has 1 saturated carbocycles. The molecule has 2 heteroatoms. The van der Waals surface area contributed by atoms with Crippen LogP contribution in [0.1, 0.15) is 39.5 Å². The zero-order valence-electron chi connectivity index (χ0n) is 10.5. The minimum atomic E-state index is 0.442. The summed E-state index contributed by atoms with van der Waals surface area (Å²) in [5.41, 5.74) is 0. The molecular formula is C14H24O2. The van der Waals surface area contributed by atoms with Crippen molar-refractivity contribution < 1.29 is 9.47 Å². The van der Waals surface area contributed by atoms with Gasteiger partial charge in [-0.05, 0) is 39.5 Å². The summed E-state index contributed by atoms with van der Waals surface area (Å²) in [5.74, 6) is 0. The largest absolute Gasteiger partial charge is 0.374 e. The molecule has 0 spiro atoms. The first-order chi connectivity index (χ1) is 7.86. The average molecular weight is 224 g/mol. The van der Waals surface area contributed by atoms with Gasteiger partial charge in [0.05, 0.1) is 25.4 Å². The molecule has 0 radical (unpaired) electrons. The highest BCUT2D eigenvalue weighted by Crippen LogP contribution is 2.23. The molecule has 92 valence electrons. The van der Waals surface area contributed by atoms with E-state index >= 15 is 0 Å². The summed E-state index contributed by atoms with van der Waals surface area (Å²) in [6.45, 7) is 5.56. The van der Waals surface area contributed by atoms with Crippen molar-refractivity contribution >= 4 is 0 Å². The SMILES string of the molecule is CC=CCOC1CCC(OCC=CC)CC1. The van der Waals surface area contributed by atoms with Gasteiger partial charge in [-0.1, -0.05) is 24.3 Å². The molecule has 1 fully saturated rings. The Morgan fingerprint density at radius 3 is 1.50 bits per heavy atom. The monoisotopic (exact) mass is 224 g/mol. The highest BCUT2D eigenvalue weighted by atomic mass is 16.5. The van der Waals surface area contributed by atoms with Crippen molar-refractivity contribution in [1.29, 1.82) is 0 Å². The molecule has 0 aromatic carbocycles. The van der Waals surface area contributed by atoms with Crippen LogP contribution in [0.5, 0.6) is 0 Å². The second-order valence-corrected chi connectivity index (χ2v) is 4.20. The highest BCUT2D eigenvalue weighted by Gasteiger charge is 2.21. The molecule has 0 bridgehead atoms. The van der Waals surface area contributed by atoms with Crippen LogP contribution in [-0.4, -0.2) is 25.4 Å². The smallest absolute Gasteiger partial charge is 0.0651 e. The van der Waals surface area contributed by atoms with Gasteiger partial charge in [-0.3, -0.25) is 0 Å². The van der Waals surface area contributed by atoms with Gasteiger partial charge in [0.1, 0.15) is 0 Å². The minimum absolute atomic E-state index is 0.442. The fraction of sp³-hybridized carbons (Fsp3) is 0.714. The van der Waals surface area contributed by atoms with E-state index in [9.17, 15) is 0 Å². The van der Waals surface area contributed by atoms with Crippen molar-refractivity contribution in [2.24, 2.45) is 0 Å². The second kappa shape index (κ2) is 8.54. The van der Waals surface area contributed by atoms with Gasteiger partial charge in [0.15, 0.2) is 0 Å². The first-order valence-corrected chi connectivity index (χ1v) is 6.32. The Morgan fingerprint density at radius 1 is 0.812 bits per heavy atom. The van der Waals surface area contributed by atoms with Crippen LogP contribution in [0.4, 0.5) is 0 Å². The average Bonchev–Trinajstić information content (AvgIpc) is 2.32. The van der Waals surface area contributed by atoms with Gasteiger partial charge in [0.25, 0.3) is 0 Å². The van der Waals surface area contributed by atoms with Crippen molar-refractivity contribution in [3.8, 4) is 0 Å². The molecule has 0 aliphatic heterocycles. The molecule has 2 nitrogen and oxygen atoms in total. The number of hydrogen-bond donors (Lipinski definition) is 0. The second-order valence-electron chi connectivity index (χ2n) is 4.20. The van der Waals surface area contributed by atoms with Gasteiger partial charge >= 0.3 is 0 Å². The summed E-state index contributed by atoms with van der Waals surface area (Å²) in [7, 11) is 0. The first-order valence-electron chi connectivity index (χ1n) is 6.32.